The van der Waals surface area contributed by atoms with Gasteiger partial charge in [-0.05, 0) is 40.3 Å². The van der Waals surface area contributed by atoms with Crippen molar-refractivity contribution in [2.45, 2.75) is 26.2 Å². The number of hydrogen-bond donors (Lipinski definition) is 1. The van der Waals surface area contributed by atoms with Crippen molar-refractivity contribution in [3.8, 4) is 5.75 Å². The molecule has 0 saturated heterocycles. The molecule has 0 amide bonds. The van der Waals surface area contributed by atoms with Crippen LogP contribution in [0.3, 0.4) is 0 Å². The molecule has 0 aliphatic heterocycles. The number of phenolic OH excluding ortho intramolecular Hbond substituents is 1. The number of aromatic nitrogens is 1. The molecule has 0 spiro atoms. The molecule has 0 aliphatic rings. The fourth-order valence-corrected chi connectivity index (χ4v) is 1.93. The van der Waals surface area contributed by atoms with Crippen LogP contribution in [0.25, 0.3) is 12.2 Å². The van der Waals surface area contributed by atoms with Crippen molar-refractivity contribution >= 4 is 12.2 Å². The van der Waals surface area contributed by atoms with Gasteiger partial charge >= 0.3 is 0 Å². The molecule has 0 atom stereocenters. The summed E-state index contributed by atoms with van der Waals surface area (Å²) in [6.07, 6.45) is 7.63. The van der Waals surface area contributed by atoms with Gasteiger partial charge in [0.15, 0.2) is 0 Å². The molecule has 2 rings (SSSR count). The largest absolute Gasteiger partial charge is 0.508 e. The van der Waals surface area contributed by atoms with Gasteiger partial charge in [-0.25, -0.2) is 0 Å². The lowest BCUT2D eigenvalue weighted by Crippen LogP contribution is -2.11. The van der Waals surface area contributed by atoms with Crippen LogP contribution in [-0.2, 0) is 5.41 Å². The number of benzene rings is 1. The molecule has 1 aromatic carbocycles. The van der Waals surface area contributed by atoms with Gasteiger partial charge in [0.1, 0.15) is 5.75 Å². The van der Waals surface area contributed by atoms with Gasteiger partial charge in [0.05, 0.1) is 0 Å². The Bertz CT molecular complexity index is 580. The summed E-state index contributed by atoms with van der Waals surface area (Å²) in [5.41, 5.74) is 3.03. The number of hydrogen-bond acceptors (Lipinski definition) is 2. The molecule has 0 unspecified atom stereocenters. The predicted octanol–water partition coefficient (Wildman–Crippen LogP) is 4.26. The number of aromatic hydroxyl groups is 1. The zero-order valence-electron chi connectivity index (χ0n) is 11.6. The fraction of sp³-hybridized carbons (Fsp3) is 0.235. The van der Waals surface area contributed by atoms with Crippen molar-refractivity contribution in [2.75, 3.05) is 0 Å². The van der Waals surface area contributed by atoms with E-state index in [1.807, 2.05) is 42.6 Å². The summed E-state index contributed by atoms with van der Waals surface area (Å²) in [5.74, 6) is 0.353. The van der Waals surface area contributed by atoms with Crippen molar-refractivity contribution in [1.29, 1.82) is 0 Å². The van der Waals surface area contributed by atoms with Crippen LogP contribution in [0.1, 0.15) is 37.5 Å². The molecule has 19 heavy (non-hydrogen) atoms. The minimum absolute atomic E-state index is 0.0672. The Kier molecular flexibility index (Phi) is 3.70. The molecule has 0 aliphatic carbocycles. The van der Waals surface area contributed by atoms with Crippen molar-refractivity contribution in [3.05, 3.63) is 59.4 Å². The highest BCUT2D eigenvalue weighted by Gasteiger charge is 2.17. The first-order chi connectivity index (χ1) is 8.97. The summed E-state index contributed by atoms with van der Waals surface area (Å²) >= 11 is 0. The van der Waals surface area contributed by atoms with Gasteiger partial charge in [-0.3, -0.25) is 4.98 Å². The van der Waals surface area contributed by atoms with E-state index in [4.69, 9.17) is 0 Å². The third kappa shape index (κ3) is 3.44. The van der Waals surface area contributed by atoms with E-state index in [1.165, 1.54) is 0 Å². The Morgan fingerprint density at radius 2 is 1.79 bits per heavy atom. The molecule has 0 bridgehead atoms. The zero-order chi connectivity index (χ0) is 13.9. The molecular formula is C17H19NO. The van der Waals surface area contributed by atoms with Gasteiger partial charge in [0.25, 0.3) is 0 Å². The second-order valence-electron chi connectivity index (χ2n) is 5.65. The Balaban J connectivity index is 2.30. The van der Waals surface area contributed by atoms with Crippen LogP contribution in [0.5, 0.6) is 5.75 Å². The fourth-order valence-electron chi connectivity index (χ4n) is 1.93. The summed E-state index contributed by atoms with van der Waals surface area (Å²) in [6.45, 7) is 6.28. The van der Waals surface area contributed by atoms with Crippen molar-refractivity contribution in [2.24, 2.45) is 0 Å². The highest BCUT2D eigenvalue weighted by Crippen LogP contribution is 2.31. The van der Waals surface area contributed by atoms with Crippen LogP contribution in [-0.4, -0.2) is 10.1 Å². The molecule has 0 radical (unpaired) electrons. The second kappa shape index (κ2) is 5.27. The topological polar surface area (TPSA) is 33.1 Å². The van der Waals surface area contributed by atoms with Crippen LogP contribution < -0.4 is 0 Å². The smallest absolute Gasteiger partial charge is 0.119 e. The van der Waals surface area contributed by atoms with E-state index < -0.39 is 0 Å². The Morgan fingerprint density at radius 1 is 1.05 bits per heavy atom. The van der Waals surface area contributed by atoms with Gasteiger partial charge in [0.2, 0.25) is 0 Å². The van der Waals surface area contributed by atoms with E-state index in [0.29, 0.717) is 5.75 Å². The van der Waals surface area contributed by atoms with E-state index in [0.717, 1.165) is 16.7 Å². The summed E-state index contributed by atoms with van der Waals surface area (Å²) in [7, 11) is 0. The molecule has 1 aromatic heterocycles. The monoisotopic (exact) mass is 253 g/mol. The van der Waals surface area contributed by atoms with Crippen LogP contribution in [0.2, 0.25) is 0 Å². The van der Waals surface area contributed by atoms with Crippen molar-refractivity contribution in [3.63, 3.8) is 0 Å². The van der Waals surface area contributed by atoms with Crippen molar-refractivity contribution < 1.29 is 5.11 Å². The first-order valence-electron chi connectivity index (χ1n) is 6.38. The minimum atomic E-state index is -0.0672. The standard InChI is InChI=1S/C17H19NO/c1-17(2,3)15-11-13(8-9-16(15)19)6-7-14-5-4-10-18-12-14/h4-12,19H,1-3H3/b7-6+. The quantitative estimate of drug-likeness (QED) is 0.867. The van der Waals surface area contributed by atoms with E-state index in [9.17, 15) is 5.11 Å². The van der Waals surface area contributed by atoms with Crippen LogP contribution in [0, 0.1) is 0 Å². The molecule has 0 saturated carbocycles. The lowest BCUT2D eigenvalue weighted by atomic mass is 9.85. The second-order valence-corrected chi connectivity index (χ2v) is 5.65. The molecule has 2 nitrogen and oxygen atoms in total. The Hall–Kier alpha value is -2.09. The van der Waals surface area contributed by atoms with Crippen LogP contribution in [0.4, 0.5) is 0 Å². The lowest BCUT2D eigenvalue weighted by molar-refractivity contribution is 0.446. The highest BCUT2D eigenvalue weighted by molar-refractivity contribution is 5.70. The number of pyridine rings is 1. The maximum Gasteiger partial charge on any atom is 0.119 e. The van der Waals surface area contributed by atoms with E-state index >= 15 is 0 Å². The Morgan fingerprint density at radius 3 is 2.42 bits per heavy atom. The molecular weight excluding hydrogens is 234 g/mol. The first-order valence-corrected chi connectivity index (χ1v) is 6.38. The lowest BCUT2D eigenvalue weighted by Gasteiger charge is -2.20. The maximum atomic E-state index is 9.92. The van der Waals surface area contributed by atoms with Crippen molar-refractivity contribution in [1.82, 2.24) is 4.98 Å². The van der Waals surface area contributed by atoms with Gasteiger partial charge in [0, 0.05) is 12.4 Å². The number of nitrogens with zero attached hydrogens (tertiary/aromatic N) is 1. The van der Waals surface area contributed by atoms with E-state index in [1.54, 1.807) is 12.3 Å². The molecule has 98 valence electrons. The number of phenols is 1. The number of rotatable bonds is 2. The van der Waals surface area contributed by atoms with Crippen LogP contribution in [0.15, 0.2) is 42.7 Å². The minimum Gasteiger partial charge on any atom is -0.508 e. The van der Waals surface area contributed by atoms with Crippen LogP contribution >= 0.6 is 0 Å². The van der Waals surface area contributed by atoms with E-state index in [-0.39, 0.29) is 5.41 Å². The molecule has 1 N–H and O–H groups in total. The Labute approximate surface area is 114 Å². The molecule has 2 heteroatoms. The van der Waals surface area contributed by atoms with Gasteiger partial charge in [-0.15, -0.1) is 0 Å². The summed E-state index contributed by atoms with van der Waals surface area (Å²) < 4.78 is 0. The zero-order valence-corrected chi connectivity index (χ0v) is 11.6. The summed E-state index contributed by atoms with van der Waals surface area (Å²) in [5, 5.41) is 9.92. The molecule has 0 fully saturated rings. The maximum absolute atomic E-state index is 9.92. The third-order valence-corrected chi connectivity index (χ3v) is 2.98. The average Bonchev–Trinajstić information content (AvgIpc) is 2.37. The first kappa shape index (κ1) is 13.3. The summed E-state index contributed by atoms with van der Waals surface area (Å²) in [4.78, 5) is 4.08. The van der Waals surface area contributed by atoms with Gasteiger partial charge in [-0.1, -0.05) is 45.1 Å². The average molecular weight is 253 g/mol. The van der Waals surface area contributed by atoms with E-state index in [2.05, 4.69) is 25.8 Å². The molecule has 1 heterocycles. The molecule has 2 aromatic rings. The van der Waals surface area contributed by atoms with Gasteiger partial charge in [-0.2, -0.15) is 0 Å². The predicted molar refractivity (Wildman–Crippen MR) is 80.0 cm³/mol. The van der Waals surface area contributed by atoms with Gasteiger partial charge < -0.3 is 5.11 Å². The highest BCUT2D eigenvalue weighted by atomic mass is 16.3. The third-order valence-electron chi connectivity index (χ3n) is 2.98. The summed E-state index contributed by atoms with van der Waals surface area (Å²) in [6, 6.07) is 9.62. The normalized spacial score (nSPS) is 11.9. The SMILES string of the molecule is CC(C)(C)c1cc(/C=C/c2cccnc2)ccc1O.